The molecule has 0 heterocycles. The summed E-state index contributed by atoms with van der Waals surface area (Å²) in [6.45, 7) is 5.52. The van der Waals surface area contributed by atoms with Crippen molar-refractivity contribution in [3.8, 4) is 5.75 Å². The molecule has 0 bridgehead atoms. The predicted molar refractivity (Wildman–Crippen MR) is 52.5 cm³/mol. The Balaban J connectivity index is 3.30. The van der Waals surface area contributed by atoms with E-state index >= 15 is 0 Å². The van der Waals surface area contributed by atoms with Crippen molar-refractivity contribution in [3.63, 3.8) is 0 Å². The standard InChI is InChI=1S/C11H14O2/c1-7-5-10(9(3)12)6-11(13-4)8(7)2/h5-6H,1-4H3. The second-order valence-corrected chi connectivity index (χ2v) is 3.18. The summed E-state index contributed by atoms with van der Waals surface area (Å²) < 4.78 is 5.16. The van der Waals surface area contributed by atoms with Crippen LogP contribution in [0.5, 0.6) is 5.75 Å². The van der Waals surface area contributed by atoms with Crippen molar-refractivity contribution >= 4 is 5.78 Å². The van der Waals surface area contributed by atoms with Crippen LogP contribution in [-0.2, 0) is 0 Å². The second kappa shape index (κ2) is 3.60. The molecule has 70 valence electrons. The molecular formula is C11H14O2. The van der Waals surface area contributed by atoms with Gasteiger partial charge in [0.1, 0.15) is 5.75 Å². The zero-order valence-corrected chi connectivity index (χ0v) is 8.47. The van der Waals surface area contributed by atoms with Crippen molar-refractivity contribution in [3.05, 3.63) is 28.8 Å². The van der Waals surface area contributed by atoms with Crippen LogP contribution < -0.4 is 4.74 Å². The van der Waals surface area contributed by atoms with Gasteiger partial charge in [0.2, 0.25) is 0 Å². The SMILES string of the molecule is COc1cc(C(C)=O)cc(C)c1C. The molecule has 0 N–H and O–H groups in total. The number of carbonyl (C=O) groups is 1. The first-order valence-electron chi connectivity index (χ1n) is 4.22. The Labute approximate surface area is 78.5 Å². The van der Waals surface area contributed by atoms with Gasteiger partial charge in [0.15, 0.2) is 5.78 Å². The van der Waals surface area contributed by atoms with Gasteiger partial charge in [-0.1, -0.05) is 0 Å². The summed E-state index contributed by atoms with van der Waals surface area (Å²) in [5, 5.41) is 0. The molecule has 1 aromatic rings. The van der Waals surface area contributed by atoms with E-state index in [-0.39, 0.29) is 5.78 Å². The molecule has 0 aromatic heterocycles. The first-order chi connectivity index (χ1) is 6.06. The summed E-state index contributed by atoms with van der Waals surface area (Å²) in [6, 6.07) is 3.67. The molecule has 0 saturated carbocycles. The normalized spacial score (nSPS) is 9.85. The van der Waals surface area contributed by atoms with Gasteiger partial charge in [0.05, 0.1) is 7.11 Å². The fraction of sp³-hybridized carbons (Fsp3) is 0.364. The van der Waals surface area contributed by atoms with Crippen molar-refractivity contribution < 1.29 is 9.53 Å². The van der Waals surface area contributed by atoms with E-state index in [4.69, 9.17) is 4.74 Å². The molecule has 13 heavy (non-hydrogen) atoms. The first-order valence-corrected chi connectivity index (χ1v) is 4.22. The molecule has 0 aliphatic rings. The van der Waals surface area contributed by atoms with E-state index < -0.39 is 0 Å². The average molecular weight is 178 g/mol. The van der Waals surface area contributed by atoms with Gasteiger partial charge in [0.25, 0.3) is 0 Å². The fourth-order valence-corrected chi connectivity index (χ4v) is 1.24. The predicted octanol–water partition coefficient (Wildman–Crippen LogP) is 2.51. The van der Waals surface area contributed by atoms with Crippen LogP contribution >= 0.6 is 0 Å². The van der Waals surface area contributed by atoms with Crippen LogP contribution in [0.15, 0.2) is 12.1 Å². The number of ketones is 1. The highest BCUT2D eigenvalue weighted by Gasteiger charge is 2.06. The number of hydrogen-bond donors (Lipinski definition) is 0. The Morgan fingerprint density at radius 2 is 1.92 bits per heavy atom. The van der Waals surface area contributed by atoms with Crippen LogP contribution in [0.25, 0.3) is 0 Å². The number of benzene rings is 1. The van der Waals surface area contributed by atoms with Gasteiger partial charge in [-0.3, -0.25) is 4.79 Å². The van der Waals surface area contributed by atoms with E-state index in [9.17, 15) is 4.79 Å². The molecule has 0 aliphatic heterocycles. The lowest BCUT2D eigenvalue weighted by molar-refractivity contribution is 0.101. The summed E-state index contributed by atoms with van der Waals surface area (Å²) in [5.41, 5.74) is 2.89. The van der Waals surface area contributed by atoms with E-state index in [1.165, 1.54) is 0 Å². The molecular weight excluding hydrogens is 164 g/mol. The van der Waals surface area contributed by atoms with Crippen molar-refractivity contribution in [1.29, 1.82) is 0 Å². The Bertz CT molecular complexity index is 340. The molecule has 2 heteroatoms. The first kappa shape index (κ1) is 9.78. The van der Waals surface area contributed by atoms with Crippen LogP contribution in [0.4, 0.5) is 0 Å². The zero-order chi connectivity index (χ0) is 10.0. The number of rotatable bonds is 2. The van der Waals surface area contributed by atoms with E-state index in [1.54, 1.807) is 20.1 Å². The molecule has 0 fully saturated rings. The van der Waals surface area contributed by atoms with E-state index in [1.807, 2.05) is 19.9 Å². The van der Waals surface area contributed by atoms with Gasteiger partial charge < -0.3 is 4.74 Å². The highest BCUT2D eigenvalue weighted by molar-refractivity contribution is 5.94. The Morgan fingerprint density at radius 1 is 1.31 bits per heavy atom. The van der Waals surface area contributed by atoms with Gasteiger partial charge in [-0.15, -0.1) is 0 Å². The summed E-state index contributed by atoms with van der Waals surface area (Å²) in [4.78, 5) is 11.1. The van der Waals surface area contributed by atoms with Crippen LogP contribution in [0.1, 0.15) is 28.4 Å². The highest BCUT2D eigenvalue weighted by Crippen LogP contribution is 2.23. The quantitative estimate of drug-likeness (QED) is 0.650. The largest absolute Gasteiger partial charge is 0.496 e. The third-order valence-corrected chi connectivity index (χ3v) is 2.25. The van der Waals surface area contributed by atoms with Gasteiger partial charge in [0, 0.05) is 5.56 Å². The monoisotopic (exact) mass is 178 g/mol. The van der Waals surface area contributed by atoms with Crippen molar-refractivity contribution in [2.45, 2.75) is 20.8 Å². The van der Waals surface area contributed by atoms with Gasteiger partial charge >= 0.3 is 0 Å². The van der Waals surface area contributed by atoms with Crippen LogP contribution in [-0.4, -0.2) is 12.9 Å². The van der Waals surface area contributed by atoms with Gasteiger partial charge in [-0.05, 0) is 44.0 Å². The number of hydrogen-bond acceptors (Lipinski definition) is 2. The minimum atomic E-state index is 0.0707. The topological polar surface area (TPSA) is 26.3 Å². The number of aryl methyl sites for hydroxylation is 1. The molecule has 2 nitrogen and oxygen atoms in total. The van der Waals surface area contributed by atoms with E-state index in [0.29, 0.717) is 5.56 Å². The summed E-state index contributed by atoms with van der Waals surface area (Å²) in [5.74, 6) is 0.853. The maximum atomic E-state index is 11.1. The zero-order valence-electron chi connectivity index (χ0n) is 8.47. The molecule has 0 saturated heterocycles. The maximum absolute atomic E-state index is 11.1. The van der Waals surface area contributed by atoms with E-state index in [0.717, 1.165) is 16.9 Å². The summed E-state index contributed by atoms with van der Waals surface area (Å²) >= 11 is 0. The molecule has 0 unspecified atom stereocenters. The van der Waals surface area contributed by atoms with Crippen molar-refractivity contribution in [2.75, 3.05) is 7.11 Å². The highest BCUT2D eigenvalue weighted by atomic mass is 16.5. The smallest absolute Gasteiger partial charge is 0.159 e. The minimum absolute atomic E-state index is 0.0707. The van der Waals surface area contributed by atoms with Crippen LogP contribution in [0.3, 0.4) is 0 Å². The molecule has 1 aromatic carbocycles. The summed E-state index contributed by atoms with van der Waals surface area (Å²) in [7, 11) is 1.62. The van der Waals surface area contributed by atoms with Crippen molar-refractivity contribution in [1.82, 2.24) is 0 Å². The molecule has 0 radical (unpaired) electrons. The maximum Gasteiger partial charge on any atom is 0.159 e. The van der Waals surface area contributed by atoms with E-state index in [2.05, 4.69) is 0 Å². The summed E-state index contributed by atoms with van der Waals surface area (Å²) in [6.07, 6.45) is 0. The average Bonchev–Trinajstić information content (AvgIpc) is 2.09. The Kier molecular flexibility index (Phi) is 2.71. The minimum Gasteiger partial charge on any atom is -0.496 e. The van der Waals surface area contributed by atoms with Crippen LogP contribution in [0.2, 0.25) is 0 Å². The lowest BCUT2D eigenvalue weighted by atomic mass is 10.0. The number of methoxy groups -OCH3 is 1. The molecule has 0 amide bonds. The Morgan fingerprint density at radius 3 is 2.38 bits per heavy atom. The molecule has 0 aliphatic carbocycles. The molecule has 0 atom stereocenters. The third kappa shape index (κ3) is 1.89. The van der Waals surface area contributed by atoms with Gasteiger partial charge in [-0.2, -0.15) is 0 Å². The number of carbonyl (C=O) groups excluding carboxylic acids is 1. The fourth-order valence-electron chi connectivity index (χ4n) is 1.24. The lowest BCUT2D eigenvalue weighted by Gasteiger charge is -2.09. The molecule has 1 rings (SSSR count). The second-order valence-electron chi connectivity index (χ2n) is 3.18. The molecule has 0 spiro atoms. The number of Topliss-reactive ketones (excluding diaryl/α,β-unsaturated/α-hetero) is 1. The van der Waals surface area contributed by atoms with Gasteiger partial charge in [-0.25, -0.2) is 0 Å². The van der Waals surface area contributed by atoms with Crippen LogP contribution in [0, 0.1) is 13.8 Å². The number of ether oxygens (including phenoxy) is 1. The van der Waals surface area contributed by atoms with Crippen molar-refractivity contribution in [2.24, 2.45) is 0 Å². The lowest BCUT2D eigenvalue weighted by Crippen LogP contribution is -1.97. The third-order valence-electron chi connectivity index (χ3n) is 2.25. The Hall–Kier alpha value is -1.31.